The maximum atomic E-state index is 12.9. The lowest BCUT2D eigenvalue weighted by atomic mass is 9.60. The van der Waals surface area contributed by atoms with E-state index in [0.717, 1.165) is 38.5 Å². The SMILES string of the molecule is CCCCCC(CCC)(CCCC)C(CCC)(CCCC)OC(=O)CCCC. The molecule has 0 saturated carbocycles. The highest BCUT2D eigenvalue weighted by molar-refractivity contribution is 5.70. The Bertz CT molecular complexity index is 379. The normalized spacial score (nSPS) is 15.8. The van der Waals surface area contributed by atoms with Crippen LogP contribution in [0.3, 0.4) is 0 Å². The molecule has 0 aromatic carbocycles. The number of unbranched alkanes of at least 4 members (excludes halogenated alkanes) is 5. The first kappa shape index (κ1) is 27.5. The average Bonchev–Trinajstić information content (AvgIpc) is 2.68. The third-order valence-corrected chi connectivity index (χ3v) is 6.59. The zero-order valence-electron chi connectivity index (χ0n) is 20.3. The molecule has 2 unspecified atom stereocenters. The second-order valence-electron chi connectivity index (χ2n) is 9.02. The van der Waals surface area contributed by atoms with Crippen molar-refractivity contribution < 1.29 is 9.53 Å². The molecule has 2 atom stereocenters. The van der Waals surface area contributed by atoms with E-state index in [1.807, 2.05) is 0 Å². The van der Waals surface area contributed by atoms with E-state index >= 15 is 0 Å². The molecule has 2 heteroatoms. The summed E-state index contributed by atoms with van der Waals surface area (Å²) in [4.78, 5) is 12.9. The van der Waals surface area contributed by atoms with Crippen LogP contribution in [0.5, 0.6) is 0 Å². The summed E-state index contributed by atoms with van der Waals surface area (Å²) in [6.45, 7) is 13.6. The van der Waals surface area contributed by atoms with E-state index in [2.05, 4.69) is 41.5 Å². The number of rotatable bonds is 19. The van der Waals surface area contributed by atoms with Crippen LogP contribution in [0.4, 0.5) is 0 Å². The Morgan fingerprint density at radius 3 is 1.64 bits per heavy atom. The monoisotopic (exact) mass is 396 g/mol. The second kappa shape index (κ2) is 16.3. The van der Waals surface area contributed by atoms with Gasteiger partial charge in [-0.2, -0.15) is 0 Å². The minimum absolute atomic E-state index is 0.0545. The highest BCUT2D eigenvalue weighted by atomic mass is 16.6. The van der Waals surface area contributed by atoms with Crippen LogP contribution in [0.25, 0.3) is 0 Å². The summed E-state index contributed by atoms with van der Waals surface area (Å²) in [5, 5.41) is 0. The van der Waals surface area contributed by atoms with Crippen LogP contribution in [0.1, 0.15) is 151 Å². The van der Waals surface area contributed by atoms with Crippen molar-refractivity contribution in [3.63, 3.8) is 0 Å². The first-order valence-corrected chi connectivity index (χ1v) is 12.7. The molecule has 2 nitrogen and oxygen atoms in total. The lowest BCUT2D eigenvalue weighted by Gasteiger charge is -2.51. The summed E-state index contributed by atoms with van der Waals surface area (Å²) >= 11 is 0. The van der Waals surface area contributed by atoms with Crippen molar-refractivity contribution in [3.8, 4) is 0 Å². The summed E-state index contributed by atoms with van der Waals surface area (Å²) < 4.78 is 6.59. The molecule has 0 radical (unpaired) electrons. The van der Waals surface area contributed by atoms with E-state index in [-0.39, 0.29) is 17.0 Å². The van der Waals surface area contributed by atoms with Crippen molar-refractivity contribution in [1.29, 1.82) is 0 Å². The van der Waals surface area contributed by atoms with Crippen molar-refractivity contribution in [2.24, 2.45) is 5.41 Å². The summed E-state index contributed by atoms with van der Waals surface area (Å²) in [5.74, 6) is 0.0545. The van der Waals surface area contributed by atoms with E-state index in [0.29, 0.717) is 6.42 Å². The van der Waals surface area contributed by atoms with Crippen LogP contribution < -0.4 is 0 Å². The van der Waals surface area contributed by atoms with Crippen molar-refractivity contribution >= 4 is 5.97 Å². The lowest BCUT2D eigenvalue weighted by Crippen LogP contribution is -2.52. The molecule has 0 rings (SSSR count). The predicted octanol–water partition coefficient (Wildman–Crippen LogP) is 9.01. The first-order valence-electron chi connectivity index (χ1n) is 12.7. The summed E-state index contributed by atoms with van der Waals surface area (Å²) in [6.07, 6.45) is 19.2. The summed E-state index contributed by atoms with van der Waals surface area (Å²) in [7, 11) is 0. The van der Waals surface area contributed by atoms with Crippen LogP contribution in [0.2, 0.25) is 0 Å². The molecule has 0 aromatic heterocycles. The third-order valence-electron chi connectivity index (χ3n) is 6.59. The van der Waals surface area contributed by atoms with Gasteiger partial charge in [-0.15, -0.1) is 0 Å². The molecule has 0 spiro atoms. The maximum Gasteiger partial charge on any atom is 0.306 e. The Morgan fingerprint density at radius 2 is 1.11 bits per heavy atom. The molecule has 28 heavy (non-hydrogen) atoms. The zero-order valence-corrected chi connectivity index (χ0v) is 20.3. The fourth-order valence-corrected chi connectivity index (χ4v) is 5.09. The van der Waals surface area contributed by atoms with Crippen LogP contribution in [0.15, 0.2) is 0 Å². The number of carbonyl (C=O) groups excluding carboxylic acids is 1. The largest absolute Gasteiger partial charge is 0.458 e. The smallest absolute Gasteiger partial charge is 0.306 e. The van der Waals surface area contributed by atoms with Crippen molar-refractivity contribution in [3.05, 3.63) is 0 Å². The number of ether oxygens (including phenoxy) is 1. The summed E-state index contributed by atoms with van der Waals surface area (Å²) in [5.41, 5.74) is -0.110. The van der Waals surface area contributed by atoms with Crippen molar-refractivity contribution in [1.82, 2.24) is 0 Å². The standard InChI is InChI=1S/C26H52O2/c1-7-13-17-22-25(19-11-5,21-15-9-3)26(20-12-6,23-16-10-4)28-24(27)18-14-8-2/h7-23H2,1-6H3. The van der Waals surface area contributed by atoms with E-state index in [1.165, 1.54) is 64.2 Å². The van der Waals surface area contributed by atoms with Gasteiger partial charge in [-0.1, -0.05) is 99.3 Å². The molecule has 0 aliphatic rings. The van der Waals surface area contributed by atoms with E-state index in [4.69, 9.17) is 4.74 Å². The second-order valence-corrected chi connectivity index (χ2v) is 9.02. The molecular formula is C26H52O2. The van der Waals surface area contributed by atoms with Gasteiger partial charge in [-0.3, -0.25) is 4.79 Å². The lowest BCUT2D eigenvalue weighted by molar-refractivity contribution is -0.187. The van der Waals surface area contributed by atoms with Crippen LogP contribution in [0, 0.1) is 5.41 Å². The molecule has 168 valence electrons. The fourth-order valence-electron chi connectivity index (χ4n) is 5.09. The fraction of sp³-hybridized carbons (Fsp3) is 0.962. The molecule has 0 N–H and O–H groups in total. The van der Waals surface area contributed by atoms with Gasteiger partial charge in [0.05, 0.1) is 0 Å². The Morgan fingerprint density at radius 1 is 0.571 bits per heavy atom. The number of hydrogen-bond donors (Lipinski definition) is 0. The average molecular weight is 397 g/mol. The van der Waals surface area contributed by atoms with Gasteiger partial charge in [0, 0.05) is 11.8 Å². The molecule has 0 heterocycles. The van der Waals surface area contributed by atoms with Gasteiger partial charge in [0.1, 0.15) is 5.60 Å². The molecule has 0 aromatic rings. The Balaban J connectivity index is 6.03. The molecule has 0 aliphatic heterocycles. The van der Waals surface area contributed by atoms with E-state index < -0.39 is 0 Å². The van der Waals surface area contributed by atoms with Gasteiger partial charge in [0.15, 0.2) is 0 Å². The Kier molecular flexibility index (Phi) is 16.0. The van der Waals surface area contributed by atoms with Gasteiger partial charge >= 0.3 is 5.97 Å². The minimum Gasteiger partial charge on any atom is -0.458 e. The number of carbonyl (C=O) groups is 1. The molecule has 0 saturated heterocycles. The molecule has 0 fully saturated rings. The van der Waals surface area contributed by atoms with E-state index in [1.54, 1.807) is 0 Å². The zero-order chi connectivity index (χ0) is 21.3. The highest BCUT2D eigenvalue weighted by Crippen LogP contribution is 2.52. The quantitative estimate of drug-likeness (QED) is 0.161. The van der Waals surface area contributed by atoms with Crippen molar-refractivity contribution in [2.45, 2.75) is 156 Å². The Labute approximate surface area is 177 Å². The molecule has 0 bridgehead atoms. The Hall–Kier alpha value is -0.530. The topological polar surface area (TPSA) is 26.3 Å². The van der Waals surface area contributed by atoms with Gasteiger partial charge in [0.2, 0.25) is 0 Å². The number of hydrogen-bond acceptors (Lipinski definition) is 2. The maximum absolute atomic E-state index is 12.9. The predicted molar refractivity (Wildman–Crippen MR) is 124 cm³/mol. The van der Waals surface area contributed by atoms with Crippen LogP contribution in [-0.4, -0.2) is 11.6 Å². The molecule has 0 aliphatic carbocycles. The summed E-state index contributed by atoms with van der Waals surface area (Å²) in [6, 6.07) is 0. The van der Waals surface area contributed by atoms with E-state index in [9.17, 15) is 4.79 Å². The first-order chi connectivity index (χ1) is 13.5. The number of esters is 1. The molecular weight excluding hydrogens is 344 g/mol. The van der Waals surface area contributed by atoms with Gasteiger partial charge in [-0.05, 0) is 44.9 Å². The van der Waals surface area contributed by atoms with Gasteiger partial charge < -0.3 is 4.74 Å². The van der Waals surface area contributed by atoms with Gasteiger partial charge in [0.25, 0.3) is 0 Å². The van der Waals surface area contributed by atoms with Crippen molar-refractivity contribution in [2.75, 3.05) is 0 Å². The van der Waals surface area contributed by atoms with Crippen LogP contribution in [-0.2, 0) is 9.53 Å². The third kappa shape index (κ3) is 8.87. The highest BCUT2D eigenvalue weighted by Gasteiger charge is 2.51. The minimum atomic E-state index is -0.262. The van der Waals surface area contributed by atoms with Crippen LogP contribution >= 0.6 is 0 Å². The molecule has 0 amide bonds. The van der Waals surface area contributed by atoms with Gasteiger partial charge in [-0.25, -0.2) is 0 Å².